The average Bonchev–Trinajstić information content (AvgIpc) is 1.68. The summed E-state index contributed by atoms with van der Waals surface area (Å²) in [4.78, 5) is 34.1. The number of Topliss-reactive ketones (excluding diaryl/α,β-unsaturated/α-hetero) is 2. The summed E-state index contributed by atoms with van der Waals surface area (Å²) < 4.78 is 5.70. The number of fused-ring (bicyclic) bond motifs is 15. The topological polar surface area (TPSA) is 277 Å². The summed E-state index contributed by atoms with van der Waals surface area (Å²) in [5.74, 6) is 7.75. The van der Waals surface area contributed by atoms with Crippen LogP contribution in [0.3, 0.4) is 0 Å². The summed E-state index contributed by atoms with van der Waals surface area (Å²) in [6.45, 7) is 3.29. The molecule has 0 radical (unpaired) electrons. The van der Waals surface area contributed by atoms with Gasteiger partial charge in [0.25, 0.3) is 0 Å². The highest BCUT2D eigenvalue weighted by molar-refractivity contribution is 6.06. The smallest absolute Gasteiger partial charge is 0.173 e. The quantitative estimate of drug-likeness (QED) is 0.0402. The van der Waals surface area contributed by atoms with E-state index in [1.165, 1.54) is 7.11 Å². The number of ketones is 2. The Morgan fingerprint density at radius 2 is 1.53 bits per heavy atom. The van der Waals surface area contributed by atoms with Crippen molar-refractivity contribution < 1.29 is 60.3 Å². The zero-order valence-corrected chi connectivity index (χ0v) is 55.5. The van der Waals surface area contributed by atoms with Crippen molar-refractivity contribution in [2.75, 3.05) is 32.1 Å². The third kappa shape index (κ3) is 14.9. The molecular formula is C81H94N4O12. The second kappa shape index (κ2) is 29.7. The van der Waals surface area contributed by atoms with E-state index < -0.39 is 101 Å². The molecule has 13 bridgehead atoms. The van der Waals surface area contributed by atoms with Crippen LogP contribution < -0.4 is 20.7 Å². The highest BCUT2D eigenvalue weighted by atomic mass is 16.5. The number of phenolic OH excluding ortho intramolecular Hbond substituents is 3. The molecule has 5 aliphatic carbocycles. The highest BCUT2D eigenvalue weighted by Crippen LogP contribution is 2.52. The second-order valence-electron chi connectivity index (χ2n) is 29.3. The molecule has 16 heteroatoms. The highest BCUT2D eigenvalue weighted by Gasteiger charge is 2.48. The second-order valence-corrected chi connectivity index (χ2v) is 29.3. The van der Waals surface area contributed by atoms with Gasteiger partial charge in [-0.1, -0.05) is 123 Å². The number of ether oxygens (including phenoxy) is 1. The van der Waals surface area contributed by atoms with Gasteiger partial charge in [-0.15, -0.1) is 0 Å². The molecule has 6 aromatic rings. The number of nitrogens with one attached hydrogen (secondary N) is 4. The number of benzene rings is 5. The molecule has 510 valence electrons. The number of β-amino-alcohol motifs (C(OH)–C–C–N with tert-alkyl or cyclic N) is 1. The van der Waals surface area contributed by atoms with Gasteiger partial charge in [0, 0.05) is 91.5 Å². The lowest BCUT2D eigenvalue weighted by Crippen LogP contribution is -2.40. The van der Waals surface area contributed by atoms with E-state index in [4.69, 9.17) is 4.74 Å². The number of hydrogen-bond donors (Lipinski definition) is 13. The first kappa shape index (κ1) is 67.7. The maximum Gasteiger partial charge on any atom is 0.173 e. The number of dihydropyridines is 1. The number of aromatic nitrogens is 1. The van der Waals surface area contributed by atoms with Gasteiger partial charge in [-0.3, -0.25) is 9.59 Å². The van der Waals surface area contributed by atoms with Gasteiger partial charge >= 0.3 is 0 Å². The number of carbonyl (C=O) groups is 2. The molecule has 3 fully saturated rings. The number of aromatic amines is 1. The number of aryl methyl sites for hydroxylation is 1. The number of H-pyrrole nitrogens is 1. The first-order chi connectivity index (χ1) is 46.9. The zero-order chi connectivity index (χ0) is 67.6. The maximum absolute atomic E-state index is 15.9. The van der Waals surface area contributed by atoms with Crippen molar-refractivity contribution in [3.8, 4) is 46.7 Å². The number of rotatable bonds is 7. The average molecular weight is 1320 g/mol. The Hall–Kier alpha value is -7.90. The summed E-state index contributed by atoms with van der Waals surface area (Å²) in [5.41, 5.74) is 7.57. The van der Waals surface area contributed by atoms with Gasteiger partial charge in [0.2, 0.25) is 0 Å². The minimum atomic E-state index is -1.99. The largest absolute Gasteiger partial charge is 0.508 e. The van der Waals surface area contributed by atoms with Crippen LogP contribution in [0, 0.1) is 82.9 Å². The summed E-state index contributed by atoms with van der Waals surface area (Å²) in [7, 11) is 1.45. The number of allylic oxidation sites excluding steroid dienone is 1. The minimum absolute atomic E-state index is 0.0174. The molecule has 97 heavy (non-hydrogen) atoms. The molecule has 0 spiro atoms. The van der Waals surface area contributed by atoms with Crippen molar-refractivity contribution in [1.82, 2.24) is 15.6 Å². The Balaban J connectivity index is 1.04. The van der Waals surface area contributed by atoms with Gasteiger partial charge in [-0.25, -0.2) is 0 Å². The number of hydrogen-bond acceptors (Lipinski definition) is 15. The lowest BCUT2D eigenvalue weighted by molar-refractivity contribution is -0.142. The number of anilines is 1. The summed E-state index contributed by atoms with van der Waals surface area (Å²) in [6.07, 6.45) is 7.31. The minimum Gasteiger partial charge on any atom is -0.508 e. The molecule has 7 aliphatic rings. The lowest BCUT2D eigenvalue weighted by Gasteiger charge is -2.42. The third-order valence-corrected chi connectivity index (χ3v) is 23.1. The zero-order valence-electron chi connectivity index (χ0n) is 55.5. The van der Waals surface area contributed by atoms with Gasteiger partial charge in [0.05, 0.1) is 25.2 Å². The molecule has 16 nitrogen and oxygen atoms in total. The van der Waals surface area contributed by atoms with Gasteiger partial charge in [0.15, 0.2) is 35.5 Å². The Morgan fingerprint density at radius 1 is 0.722 bits per heavy atom. The van der Waals surface area contributed by atoms with E-state index in [0.717, 1.165) is 71.0 Å². The van der Waals surface area contributed by atoms with Gasteiger partial charge in [-0.05, 0) is 191 Å². The fourth-order valence-corrected chi connectivity index (χ4v) is 18.0. The molecule has 5 aromatic carbocycles. The molecule has 3 heterocycles. The van der Waals surface area contributed by atoms with E-state index in [0.29, 0.717) is 91.2 Å². The van der Waals surface area contributed by atoms with Crippen molar-refractivity contribution in [2.24, 2.45) is 59.2 Å². The van der Waals surface area contributed by atoms with E-state index in [-0.39, 0.29) is 73.4 Å². The Labute approximate surface area is 568 Å². The number of aliphatic hydroxyl groups is 6. The molecule has 13 N–H and O–H groups in total. The number of carbonyl (C=O) groups excluding carboxylic acids is 2. The van der Waals surface area contributed by atoms with Crippen LogP contribution in [0.15, 0.2) is 127 Å². The SMILES string of the molecule is COc1cc2c(cc1O)C1C#CC3CC4CC(CC3C(=O)C(O)C(=O)CC2)C(CCC2CCCC2)C(O)Cc2cc(c[nH]2)C(C)CNCC(O)Cc2ccc3ccc(cc3c2O)NC2=CC(=CCN2)C4C(O)C#CC2CC(CC(C(O)O)C2Cc2cccc(O)c2)c2ccccc21. The van der Waals surface area contributed by atoms with Crippen LogP contribution >= 0.6 is 0 Å². The van der Waals surface area contributed by atoms with Crippen LogP contribution in [-0.4, -0.2) is 120 Å². The van der Waals surface area contributed by atoms with E-state index >= 15 is 4.79 Å². The molecule has 3 saturated carbocycles. The van der Waals surface area contributed by atoms with Gasteiger partial charge in [-0.2, -0.15) is 0 Å². The van der Waals surface area contributed by atoms with Crippen molar-refractivity contribution in [1.29, 1.82) is 0 Å². The first-order valence-corrected chi connectivity index (χ1v) is 35.4. The summed E-state index contributed by atoms with van der Waals surface area (Å²) in [5, 5.41) is 121. The fourth-order valence-electron chi connectivity index (χ4n) is 18.0. The van der Waals surface area contributed by atoms with E-state index in [1.807, 2.05) is 72.9 Å². The van der Waals surface area contributed by atoms with Crippen molar-refractivity contribution >= 4 is 28.0 Å². The van der Waals surface area contributed by atoms with Crippen LogP contribution in [0.1, 0.15) is 146 Å². The van der Waals surface area contributed by atoms with Crippen molar-refractivity contribution in [3.05, 3.63) is 171 Å². The van der Waals surface area contributed by atoms with Gasteiger partial charge < -0.3 is 71.6 Å². The monoisotopic (exact) mass is 1310 g/mol. The normalized spacial score (nSPS) is 30.4. The predicted molar refractivity (Wildman–Crippen MR) is 372 cm³/mol. The predicted octanol–water partition coefficient (Wildman–Crippen LogP) is 10.1. The van der Waals surface area contributed by atoms with E-state index in [2.05, 4.69) is 63.7 Å². The Morgan fingerprint density at radius 3 is 2.33 bits per heavy atom. The Bertz CT molecular complexity index is 4050. The van der Waals surface area contributed by atoms with Crippen LogP contribution in [-0.2, 0) is 35.3 Å². The number of aliphatic hydroxyl groups excluding tert-OH is 5. The maximum atomic E-state index is 15.9. The van der Waals surface area contributed by atoms with E-state index in [1.54, 1.807) is 30.3 Å². The summed E-state index contributed by atoms with van der Waals surface area (Å²) in [6, 6.07) is 29.9. The van der Waals surface area contributed by atoms with Crippen LogP contribution in [0.5, 0.6) is 23.0 Å². The lowest BCUT2D eigenvalue weighted by atomic mass is 9.63. The molecule has 13 rings (SSSR count). The molecule has 0 saturated heterocycles. The first-order valence-electron chi connectivity index (χ1n) is 35.4. The molecule has 2 aliphatic heterocycles. The summed E-state index contributed by atoms with van der Waals surface area (Å²) >= 11 is 0. The van der Waals surface area contributed by atoms with Crippen LogP contribution in [0.4, 0.5) is 5.69 Å². The molecule has 16 atom stereocenters. The fraction of sp³-hybridized carbons (Fsp3) is 0.481. The van der Waals surface area contributed by atoms with E-state index in [9.17, 15) is 50.8 Å². The van der Waals surface area contributed by atoms with Crippen molar-refractivity contribution in [2.45, 2.75) is 158 Å². The Kier molecular flexibility index (Phi) is 20.7. The van der Waals surface area contributed by atoms with Crippen LogP contribution in [0.2, 0.25) is 0 Å². The van der Waals surface area contributed by atoms with Crippen LogP contribution in [0.25, 0.3) is 10.8 Å². The van der Waals surface area contributed by atoms with Gasteiger partial charge in [0.1, 0.15) is 23.4 Å². The molecular weight excluding hydrogens is 1220 g/mol. The third-order valence-electron chi connectivity index (χ3n) is 23.1. The number of phenols is 3. The molecule has 0 amide bonds. The number of aromatic hydroxyl groups is 3. The standard InChI is InChI=1S/C81H94N4O12/c1-45-42-82-44-61(87)34-53-16-15-48-17-21-58(39-69(48)78(53)92)85-76-38-52(26-27-83-76)77-56-31-50-18-23-65(64-13-6-5-12-62(64)54-30-49(19-24-71(77)88)66(70(36-54)81(95)96)29-47-10-7-11-60(86)28-47)67-41-74(91)75(97-2)37-51(67)20-25-72(89)80(94)79(93)68(50)35-55(32-56)63(22-14-46-8-3-4-9-46)73(90)40-59-33-57(45)43-84-59/h5-7,10-13,15-17,21,26,28,33,37-39,41,43,45-46,49-50,54-56,61,63,65-66,68,70-71,73,77,80-88,90-92,94-96H,3-4,8-9,14,20,22,25,27,29-32,34-36,40,42,44H2,1-2H3. The van der Waals surface area contributed by atoms with Crippen molar-refractivity contribution in [3.63, 3.8) is 0 Å². The molecule has 1 aromatic heterocycles. The number of methoxy groups -OCH3 is 1. The molecule has 16 unspecified atom stereocenters.